The number of hydrogen-bond donors (Lipinski definition) is 0. The molecule has 1 aliphatic heterocycles. The summed E-state index contributed by atoms with van der Waals surface area (Å²) in [4.78, 5) is 6.39. The van der Waals surface area contributed by atoms with Gasteiger partial charge in [0.1, 0.15) is 11.5 Å². The van der Waals surface area contributed by atoms with Crippen molar-refractivity contribution in [2.45, 2.75) is 45.5 Å². The first-order chi connectivity index (χ1) is 14.7. The summed E-state index contributed by atoms with van der Waals surface area (Å²) >= 11 is 0. The molecule has 1 saturated carbocycles. The van der Waals surface area contributed by atoms with Crippen molar-refractivity contribution in [2.24, 2.45) is 17.8 Å². The molecule has 0 radical (unpaired) electrons. The van der Waals surface area contributed by atoms with E-state index in [9.17, 15) is 18.4 Å². The Hall–Kier alpha value is -2.96. The van der Waals surface area contributed by atoms with E-state index in [1.165, 1.54) is 18.2 Å². The molecule has 1 aromatic heterocycles. The number of nitrogens with zero attached hydrogens (tertiary/aromatic N) is 5. The third-order valence-corrected chi connectivity index (χ3v) is 5.97. The second-order valence-corrected chi connectivity index (χ2v) is 8.44. The lowest BCUT2D eigenvalue weighted by molar-refractivity contribution is -0.274. The lowest BCUT2D eigenvalue weighted by Gasteiger charge is -2.34. The Morgan fingerprint density at radius 3 is 2.48 bits per heavy atom. The van der Waals surface area contributed by atoms with Crippen LogP contribution in [0, 0.1) is 29.2 Å². The van der Waals surface area contributed by atoms with Gasteiger partial charge >= 0.3 is 12.4 Å². The normalized spacial score (nSPS) is 23.1. The Labute approximate surface area is 178 Å². The van der Waals surface area contributed by atoms with Gasteiger partial charge in [0.25, 0.3) is 0 Å². The smallest absolute Gasteiger partial charge is 0.424 e. The molecule has 2 aromatic rings. The molecular formula is C21H24F3N5O2. The molecule has 31 heavy (non-hydrogen) atoms. The van der Waals surface area contributed by atoms with E-state index in [4.69, 9.17) is 4.74 Å². The van der Waals surface area contributed by atoms with Crippen LogP contribution in [0.5, 0.6) is 17.5 Å². The van der Waals surface area contributed by atoms with Crippen LogP contribution in [0.25, 0.3) is 0 Å². The van der Waals surface area contributed by atoms with E-state index in [0.29, 0.717) is 30.0 Å². The van der Waals surface area contributed by atoms with Crippen LogP contribution in [0.3, 0.4) is 0 Å². The summed E-state index contributed by atoms with van der Waals surface area (Å²) < 4.78 is 48.9. The van der Waals surface area contributed by atoms with Gasteiger partial charge in [-0.25, -0.2) is 4.68 Å². The summed E-state index contributed by atoms with van der Waals surface area (Å²) in [6.07, 6.45) is 0.393. The van der Waals surface area contributed by atoms with Gasteiger partial charge in [-0.05, 0) is 56.6 Å². The van der Waals surface area contributed by atoms with E-state index in [1.54, 1.807) is 10.7 Å². The maximum atomic E-state index is 12.5. The van der Waals surface area contributed by atoms with Crippen molar-refractivity contribution in [3.8, 4) is 23.7 Å². The highest BCUT2D eigenvalue weighted by atomic mass is 19.4. The van der Waals surface area contributed by atoms with Crippen LogP contribution in [-0.2, 0) is 6.42 Å². The Balaban J connectivity index is 1.51. The molecule has 1 aromatic carbocycles. The molecule has 10 heteroatoms. The number of fused-ring (bicyclic) bond motifs is 2. The van der Waals surface area contributed by atoms with Gasteiger partial charge in [-0.15, -0.1) is 13.2 Å². The monoisotopic (exact) mass is 435 g/mol. The Kier molecular flexibility index (Phi) is 5.69. The molecule has 0 spiro atoms. The Morgan fingerprint density at radius 1 is 1.19 bits per heavy atom. The van der Waals surface area contributed by atoms with Crippen molar-refractivity contribution in [3.63, 3.8) is 0 Å². The van der Waals surface area contributed by atoms with Crippen LogP contribution in [0.4, 0.5) is 13.2 Å². The molecule has 4 rings (SSSR count). The van der Waals surface area contributed by atoms with Gasteiger partial charge in [-0.3, -0.25) is 0 Å². The lowest BCUT2D eigenvalue weighted by Crippen LogP contribution is -2.40. The van der Waals surface area contributed by atoms with Crippen molar-refractivity contribution in [1.82, 2.24) is 19.7 Å². The zero-order chi connectivity index (χ0) is 22.2. The van der Waals surface area contributed by atoms with E-state index in [1.807, 2.05) is 18.7 Å². The largest absolute Gasteiger partial charge is 0.573 e. The van der Waals surface area contributed by atoms with Crippen LogP contribution in [0.1, 0.15) is 38.6 Å². The molecule has 2 bridgehead atoms. The summed E-state index contributed by atoms with van der Waals surface area (Å²) in [5, 5.41) is 13.8. The third kappa shape index (κ3) is 4.86. The third-order valence-electron chi connectivity index (χ3n) is 5.97. The highest BCUT2D eigenvalue weighted by Gasteiger charge is 2.42. The van der Waals surface area contributed by atoms with E-state index < -0.39 is 6.36 Å². The molecular weight excluding hydrogens is 411 g/mol. The van der Waals surface area contributed by atoms with Crippen molar-refractivity contribution in [3.05, 3.63) is 30.1 Å². The Bertz CT molecular complexity index is 955. The summed E-state index contributed by atoms with van der Waals surface area (Å²) in [7, 11) is 0. The second-order valence-electron chi connectivity index (χ2n) is 8.44. The van der Waals surface area contributed by atoms with Crippen molar-refractivity contribution in [1.29, 1.82) is 5.26 Å². The molecule has 1 saturated heterocycles. The predicted molar refractivity (Wildman–Crippen MR) is 104 cm³/mol. The van der Waals surface area contributed by atoms with Crippen LogP contribution in [0.15, 0.2) is 24.3 Å². The SMILES string of the molecule is CC(C)n1nc(CC2[C@@H]3CC[C@H]2CN(C#N)C3)nc1Oc1cccc(OC(F)(F)F)c1. The molecule has 1 aliphatic carbocycles. The van der Waals surface area contributed by atoms with E-state index >= 15 is 0 Å². The van der Waals surface area contributed by atoms with Gasteiger partial charge < -0.3 is 14.4 Å². The lowest BCUT2D eigenvalue weighted by atomic mass is 9.83. The quantitative estimate of drug-likeness (QED) is 0.621. The predicted octanol–water partition coefficient (Wildman–Crippen LogP) is 4.53. The average Bonchev–Trinajstić information content (AvgIpc) is 3.17. The number of halogens is 3. The fourth-order valence-corrected chi connectivity index (χ4v) is 4.64. The first-order valence-electron chi connectivity index (χ1n) is 10.4. The maximum Gasteiger partial charge on any atom is 0.573 e. The minimum atomic E-state index is -4.77. The number of hydrogen-bond acceptors (Lipinski definition) is 6. The zero-order valence-electron chi connectivity index (χ0n) is 17.3. The number of likely N-dealkylation sites (tertiary alicyclic amines) is 1. The van der Waals surface area contributed by atoms with Gasteiger partial charge in [0.2, 0.25) is 0 Å². The number of benzene rings is 1. The molecule has 1 unspecified atom stereocenters. The number of piperidine rings is 1. The van der Waals surface area contributed by atoms with Crippen molar-refractivity contribution >= 4 is 0 Å². The number of aromatic nitrogens is 3. The fraction of sp³-hybridized carbons (Fsp3) is 0.571. The molecule has 7 nitrogen and oxygen atoms in total. The second kappa shape index (κ2) is 8.29. The number of rotatable bonds is 6. The van der Waals surface area contributed by atoms with E-state index in [2.05, 4.69) is 21.0 Å². The van der Waals surface area contributed by atoms with Crippen LogP contribution in [0.2, 0.25) is 0 Å². The standard InChI is InChI=1S/C21H24F3N5O2/c1-13(2)29-20(30-16-4-3-5-17(8-16)31-21(22,23)24)26-19(27-29)9-18-14-6-7-15(18)11-28(10-14)12-25/h3-5,8,13-15,18H,6-7,9-11H2,1-2H3/t14-,15+,18?. The number of nitriles is 1. The van der Waals surface area contributed by atoms with Gasteiger partial charge in [0, 0.05) is 25.6 Å². The van der Waals surface area contributed by atoms with Gasteiger partial charge in [0.15, 0.2) is 12.0 Å². The first-order valence-corrected chi connectivity index (χ1v) is 10.4. The summed E-state index contributed by atoms with van der Waals surface area (Å²) in [6, 6.07) is 5.54. The summed E-state index contributed by atoms with van der Waals surface area (Å²) in [5.41, 5.74) is 0. The van der Waals surface area contributed by atoms with Gasteiger partial charge in [-0.1, -0.05) is 6.07 Å². The van der Waals surface area contributed by atoms with Crippen LogP contribution in [-0.4, -0.2) is 39.1 Å². The molecule has 3 atom stereocenters. The molecule has 166 valence electrons. The number of alkyl halides is 3. The van der Waals surface area contributed by atoms with Crippen LogP contribution < -0.4 is 9.47 Å². The molecule has 2 aliphatic rings. The van der Waals surface area contributed by atoms with Crippen molar-refractivity contribution in [2.75, 3.05) is 13.1 Å². The fourth-order valence-electron chi connectivity index (χ4n) is 4.64. The molecule has 2 heterocycles. The number of ether oxygens (including phenoxy) is 2. The minimum absolute atomic E-state index is 0.0389. The highest BCUT2D eigenvalue weighted by Crippen LogP contribution is 2.43. The summed E-state index contributed by atoms with van der Waals surface area (Å²) in [5.74, 6) is 1.80. The van der Waals surface area contributed by atoms with Gasteiger partial charge in [-0.2, -0.15) is 15.3 Å². The summed E-state index contributed by atoms with van der Waals surface area (Å²) in [6.45, 7) is 5.42. The van der Waals surface area contributed by atoms with E-state index in [-0.39, 0.29) is 23.6 Å². The molecule has 0 amide bonds. The minimum Gasteiger partial charge on any atom is -0.424 e. The van der Waals surface area contributed by atoms with Crippen LogP contribution >= 0.6 is 0 Å². The molecule has 2 fully saturated rings. The van der Waals surface area contributed by atoms with E-state index in [0.717, 1.165) is 25.9 Å². The first kappa shape index (κ1) is 21.3. The maximum absolute atomic E-state index is 12.5. The highest BCUT2D eigenvalue weighted by molar-refractivity contribution is 5.34. The topological polar surface area (TPSA) is 76.2 Å². The van der Waals surface area contributed by atoms with Gasteiger partial charge in [0.05, 0.1) is 6.04 Å². The molecule has 0 N–H and O–H groups in total. The average molecular weight is 435 g/mol. The zero-order valence-corrected chi connectivity index (χ0v) is 17.3. The van der Waals surface area contributed by atoms with Crippen molar-refractivity contribution < 1.29 is 22.6 Å². The Morgan fingerprint density at radius 2 is 1.87 bits per heavy atom.